The van der Waals surface area contributed by atoms with E-state index in [1.54, 1.807) is 12.1 Å². The van der Waals surface area contributed by atoms with Gasteiger partial charge in [-0.05, 0) is 48.7 Å². The van der Waals surface area contributed by atoms with Crippen molar-refractivity contribution in [3.8, 4) is 16.9 Å². The third-order valence-corrected chi connectivity index (χ3v) is 4.89. The Labute approximate surface area is 179 Å². The van der Waals surface area contributed by atoms with E-state index in [1.165, 1.54) is 46.1 Å². The maximum absolute atomic E-state index is 12.1. The molecule has 0 radical (unpaired) electrons. The van der Waals surface area contributed by atoms with Gasteiger partial charge < -0.3 is 14.2 Å². The molecule has 162 valence electrons. The molecule has 0 saturated carbocycles. The van der Waals surface area contributed by atoms with Crippen molar-refractivity contribution in [2.75, 3.05) is 13.7 Å². The molecular weight excluding hydrogens is 380 g/mol. The summed E-state index contributed by atoms with van der Waals surface area (Å²) >= 11 is 0. The second-order valence-corrected chi connectivity index (χ2v) is 7.29. The smallest absolute Gasteiger partial charge is 0.346 e. The zero-order valence-electron chi connectivity index (χ0n) is 18.2. The van der Waals surface area contributed by atoms with Crippen LogP contribution in [0.5, 0.6) is 5.75 Å². The fourth-order valence-corrected chi connectivity index (χ4v) is 3.06. The molecule has 2 rings (SSSR count). The van der Waals surface area contributed by atoms with E-state index in [-0.39, 0.29) is 0 Å². The van der Waals surface area contributed by atoms with Crippen molar-refractivity contribution in [1.29, 1.82) is 0 Å². The SMILES string of the molecule is CCCCCCCCOc1ccc(-c2ccc(C(=O)OC(C)C(=O)OC)cc2)cc1. The Morgan fingerprint density at radius 3 is 2.00 bits per heavy atom. The summed E-state index contributed by atoms with van der Waals surface area (Å²) in [5, 5.41) is 0. The fourth-order valence-electron chi connectivity index (χ4n) is 3.06. The number of ether oxygens (including phenoxy) is 3. The zero-order chi connectivity index (χ0) is 21.8. The number of benzene rings is 2. The Balaban J connectivity index is 1.83. The van der Waals surface area contributed by atoms with Gasteiger partial charge in [0.05, 0.1) is 19.3 Å². The van der Waals surface area contributed by atoms with Gasteiger partial charge >= 0.3 is 11.9 Å². The van der Waals surface area contributed by atoms with Crippen molar-refractivity contribution in [1.82, 2.24) is 0 Å². The maximum Gasteiger partial charge on any atom is 0.346 e. The van der Waals surface area contributed by atoms with Gasteiger partial charge in [0.25, 0.3) is 0 Å². The van der Waals surface area contributed by atoms with Crippen LogP contribution in [0.4, 0.5) is 0 Å². The van der Waals surface area contributed by atoms with Gasteiger partial charge in [-0.2, -0.15) is 0 Å². The van der Waals surface area contributed by atoms with Crippen molar-refractivity contribution in [2.45, 2.75) is 58.5 Å². The number of carbonyl (C=O) groups is 2. The van der Waals surface area contributed by atoms with Crippen LogP contribution in [-0.2, 0) is 14.3 Å². The highest BCUT2D eigenvalue weighted by atomic mass is 16.6. The highest BCUT2D eigenvalue weighted by Gasteiger charge is 2.19. The Bertz CT molecular complexity index is 780. The summed E-state index contributed by atoms with van der Waals surface area (Å²) in [5.74, 6) is -0.277. The predicted molar refractivity (Wildman–Crippen MR) is 118 cm³/mol. The number of carbonyl (C=O) groups excluding carboxylic acids is 2. The largest absolute Gasteiger partial charge is 0.494 e. The number of esters is 2. The van der Waals surface area contributed by atoms with E-state index < -0.39 is 18.0 Å². The maximum atomic E-state index is 12.1. The van der Waals surface area contributed by atoms with Crippen molar-refractivity contribution >= 4 is 11.9 Å². The highest BCUT2D eigenvalue weighted by Crippen LogP contribution is 2.23. The zero-order valence-corrected chi connectivity index (χ0v) is 18.2. The average Bonchev–Trinajstić information content (AvgIpc) is 2.78. The molecule has 0 bridgehead atoms. The van der Waals surface area contributed by atoms with E-state index in [0.717, 1.165) is 29.9 Å². The van der Waals surface area contributed by atoms with Gasteiger partial charge in [0, 0.05) is 0 Å². The van der Waals surface area contributed by atoms with Gasteiger partial charge in [-0.15, -0.1) is 0 Å². The first-order valence-corrected chi connectivity index (χ1v) is 10.7. The number of hydrogen-bond donors (Lipinski definition) is 0. The van der Waals surface area contributed by atoms with Crippen molar-refractivity contribution in [2.24, 2.45) is 0 Å². The molecule has 1 atom stereocenters. The van der Waals surface area contributed by atoms with Crippen LogP contribution in [0.1, 0.15) is 62.7 Å². The summed E-state index contributed by atoms with van der Waals surface area (Å²) in [4.78, 5) is 23.5. The molecule has 0 heterocycles. The molecule has 5 nitrogen and oxygen atoms in total. The Morgan fingerprint density at radius 1 is 0.833 bits per heavy atom. The molecule has 0 aliphatic rings. The van der Waals surface area contributed by atoms with Gasteiger partial charge in [0.1, 0.15) is 5.75 Å². The summed E-state index contributed by atoms with van der Waals surface area (Å²) in [7, 11) is 1.26. The van der Waals surface area contributed by atoms with Crippen LogP contribution in [0, 0.1) is 0 Å². The van der Waals surface area contributed by atoms with E-state index in [9.17, 15) is 9.59 Å². The molecular formula is C25H32O5. The van der Waals surface area contributed by atoms with Crippen LogP contribution in [0.25, 0.3) is 11.1 Å². The molecule has 0 saturated heterocycles. The fraction of sp³-hybridized carbons (Fsp3) is 0.440. The van der Waals surface area contributed by atoms with Gasteiger partial charge in [0.15, 0.2) is 6.10 Å². The summed E-state index contributed by atoms with van der Waals surface area (Å²) in [6.45, 7) is 4.45. The topological polar surface area (TPSA) is 61.8 Å². The molecule has 30 heavy (non-hydrogen) atoms. The second-order valence-electron chi connectivity index (χ2n) is 7.29. The normalized spacial score (nSPS) is 11.6. The highest BCUT2D eigenvalue weighted by molar-refractivity contribution is 5.92. The van der Waals surface area contributed by atoms with Crippen LogP contribution >= 0.6 is 0 Å². The average molecular weight is 413 g/mol. The van der Waals surface area contributed by atoms with E-state index >= 15 is 0 Å². The van der Waals surface area contributed by atoms with E-state index in [0.29, 0.717) is 5.56 Å². The summed E-state index contributed by atoms with van der Waals surface area (Å²) in [6.07, 6.45) is 6.53. The lowest BCUT2D eigenvalue weighted by atomic mass is 10.0. The quantitative estimate of drug-likeness (QED) is 0.325. The molecule has 0 N–H and O–H groups in total. The van der Waals surface area contributed by atoms with Crippen molar-refractivity contribution < 1.29 is 23.8 Å². The number of unbranched alkanes of at least 4 members (excludes halogenated alkanes) is 5. The number of rotatable bonds is 12. The molecule has 1 unspecified atom stereocenters. The van der Waals surface area contributed by atoms with Gasteiger partial charge in [-0.25, -0.2) is 9.59 Å². The van der Waals surface area contributed by atoms with Crippen LogP contribution in [0.2, 0.25) is 0 Å². The van der Waals surface area contributed by atoms with Crippen LogP contribution in [0.3, 0.4) is 0 Å². The van der Waals surface area contributed by atoms with Gasteiger partial charge in [-0.3, -0.25) is 0 Å². The molecule has 0 spiro atoms. The molecule has 5 heteroatoms. The van der Waals surface area contributed by atoms with Gasteiger partial charge in [-0.1, -0.05) is 63.3 Å². The van der Waals surface area contributed by atoms with Gasteiger partial charge in [0.2, 0.25) is 0 Å². The standard InChI is InChI=1S/C25H32O5/c1-4-5-6-7-8-9-18-29-23-16-14-21(15-17-23)20-10-12-22(13-11-20)25(27)30-19(2)24(26)28-3/h10-17,19H,4-9,18H2,1-3H3. The Morgan fingerprint density at radius 2 is 1.40 bits per heavy atom. The molecule has 2 aromatic rings. The number of methoxy groups -OCH3 is 1. The lowest BCUT2D eigenvalue weighted by Crippen LogP contribution is -2.25. The molecule has 0 aliphatic heterocycles. The molecule has 2 aromatic carbocycles. The first-order valence-electron chi connectivity index (χ1n) is 10.7. The van der Waals surface area contributed by atoms with E-state index in [1.807, 2.05) is 36.4 Å². The summed E-state index contributed by atoms with van der Waals surface area (Å²) in [5.41, 5.74) is 2.40. The first kappa shape index (κ1) is 23.5. The van der Waals surface area contributed by atoms with Crippen molar-refractivity contribution in [3.63, 3.8) is 0 Å². The lowest BCUT2D eigenvalue weighted by Gasteiger charge is -2.11. The van der Waals surface area contributed by atoms with E-state index in [4.69, 9.17) is 9.47 Å². The molecule has 0 aliphatic carbocycles. The minimum atomic E-state index is -0.939. The monoisotopic (exact) mass is 412 g/mol. The van der Waals surface area contributed by atoms with Crippen LogP contribution in [0.15, 0.2) is 48.5 Å². The lowest BCUT2D eigenvalue weighted by molar-refractivity contribution is -0.149. The minimum Gasteiger partial charge on any atom is -0.494 e. The van der Waals surface area contributed by atoms with Crippen LogP contribution in [-0.4, -0.2) is 31.8 Å². The van der Waals surface area contributed by atoms with Crippen LogP contribution < -0.4 is 4.74 Å². The second kappa shape index (κ2) is 12.7. The Hall–Kier alpha value is -2.82. The molecule has 0 fully saturated rings. The molecule has 0 amide bonds. The number of hydrogen-bond acceptors (Lipinski definition) is 5. The van der Waals surface area contributed by atoms with Crippen molar-refractivity contribution in [3.05, 3.63) is 54.1 Å². The minimum absolute atomic E-state index is 0.383. The third-order valence-electron chi connectivity index (χ3n) is 4.89. The predicted octanol–water partition coefficient (Wildman–Crippen LogP) is 5.81. The Kier molecular flexibility index (Phi) is 9.92. The molecule has 0 aromatic heterocycles. The summed E-state index contributed by atoms with van der Waals surface area (Å²) in [6, 6.07) is 15.0. The summed E-state index contributed by atoms with van der Waals surface area (Å²) < 4.78 is 15.5. The van der Waals surface area contributed by atoms with E-state index in [2.05, 4.69) is 11.7 Å². The third kappa shape index (κ3) is 7.54. The first-order chi connectivity index (χ1) is 14.5.